The van der Waals surface area contributed by atoms with Gasteiger partial charge in [0.2, 0.25) is 0 Å². The van der Waals surface area contributed by atoms with E-state index in [1.165, 1.54) is 0 Å². The van der Waals surface area contributed by atoms with Crippen LogP contribution in [0.2, 0.25) is 0 Å². The molecule has 5 heteroatoms. The second kappa shape index (κ2) is 7.42. The van der Waals surface area contributed by atoms with Gasteiger partial charge in [0.15, 0.2) is 0 Å². The standard InChI is InChI=1S/C20H26N2O3/c1-20(2,3)25-19(23)22-10-8-17-7-6-16(15-18(17)22)5-4-9-21-11-13-24-14-12-21/h4-8,10,15H,9,11-14H2,1-3H3. The van der Waals surface area contributed by atoms with Crippen molar-refractivity contribution in [2.45, 2.75) is 26.4 Å². The third-order valence-corrected chi connectivity index (χ3v) is 4.09. The van der Waals surface area contributed by atoms with Crippen LogP contribution in [0.1, 0.15) is 26.3 Å². The molecule has 2 aromatic rings. The third kappa shape index (κ3) is 4.71. The predicted octanol–water partition coefficient (Wildman–Crippen LogP) is 3.77. The fourth-order valence-corrected chi connectivity index (χ4v) is 2.84. The Hall–Kier alpha value is -2.11. The molecule has 0 radical (unpaired) electrons. The number of carbonyl (C=O) groups is 1. The summed E-state index contributed by atoms with van der Waals surface area (Å²) in [5.74, 6) is 0. The van der Waals surface area contributed by atoms with Crippen LogP contribution in [0.3, 0.4) is 0 Å². The number of carbonyl (C=O) groups excluding carboxylic acids is 1. The number of nitrogens with zero attached hydrogens (tertiary/aromatic N) is 2. The summed E-state index contributed by atoms with van der Waals surface area (Å²) in [6, 6.07) is 8.05. The quantitative estimate of drug-likeness (QED) is 0.852. The molecule has 3 rings (SSSR count). The topological polar surface area (TPSA) is 43.7 Å². The molecule has 1 fully saturated rings. The van der Waals surface area contributed by atoms with Crippen LogP contribution in [0.5, 0.6) is 0 Å². The van der Waals surface area contributed by atoms with E-state index in [1.807, 2.05) is 39.0 Å². The van der Waals surface area contributed by atoms with Crippen molar-refractivity contribution < 1.29 is 14.3 Å². The first kappa shape index (κ1) is 17.7. The van der Waals surface area contributed by atoms with Gasteiger partial charge in [-0.3, -0.25) is 9.47 Å². The minimum absolute atomic E-state index is 0.350. The number of ether oxygens (including phenoxy) is 2. The molecule has 1 saturated heterocycles. The van der Waals surface area contributed by atoms with E-state index >= 15 is 0 Å². The summed E-state index contributed by atoms with van der Waals surface area (Å²) in [6.45, 7) is 10.1. The summed E-state index contributed by atoms with van der Waals surface area (Å²) >= 11 is 0. The van der Waals surface area contributed by atoms with Crippen molar-refractivity contribution >= 4 is 23.1 Å². The van der Waals surface area contributed by atoms with Crippen molar-refractivity contribution in [3.05, 3.63) is 42.1 Å². The fraction of sp³-hybridized carbons (Fsp3) is 0.450. The monoisotopic (exact) mass is 342 g/mol. The van der Waals surface area contributed by atoms with Crippen LogP contribution < -0.4 is 0 Å². The van der Waals surface area contributed by atoms with Gasteiger partial charge in [0.25, 0.3) is 0 Å². The van der Waals surface area contributed by atoms with Gasteiger partial charge in [0.05, 0.1) is 18.7 Å². The third-order valence-electron chi connectivity index (χ3n) is 4.09. The Morgan fingerprint density at radius 2 is 2.00 bits per heavy atom. The van der Waals surface area contributed by atoms with E-state index in [2.05, 4.69) is 23.1 Å². The van der Waals surface area contributed by atoms with Crippen LogP contribution in [0.4, 0.5) is 4.79 Å². The van der Waals surface area contributed by atoms with E-state index < -0.39 is 5.60 Å². The van der Waals surface area contributed by atoms with E-state index in [0.29, 0.717) is 0 Å². The lowest BCUT2D eigenvalue weighted by Crippen LogP contribution is -2.36. The summed E-state index contributed by atoms with van der Waals surface area (Å²) in [7, 11) is 0. The molecule has 1 aliphatic heterocycles. The van der Waals surface area contributed by atoms with Crippen molar-refractivity contribution in [3.63, 3.8) is 0 Å². The molecule has 1 aromatic heterocycles. The Bertz CT molecular complexity index is 765. The van der Waals surface area contributed by atoms with E-state index in [0.717, 1.165) is 49.3 Å². The molecule has 0 aliphatic carbocycles. The molecule has 5 nitrogen and oxygen atoms in total. The van der Waals surface area contributed by atoms with Crippen molar-refractivity contribution in [3.8, 4) is 0 Å². The first-order valence-electron chi connectivity index (χ1n) is 8.73. The Morgan fingerprint density at radius 3 is 2.72 bits per heavy atom. The molecule has 0 bridgehead atoms. The molecular weight excluding hydrogens is 316 g/mol. The molecule has 134 valence electrons. The molecule has 1 aromatic carbocycles. The highest BCUT2D eigenvalue weighted by molar-refractivity contribution is 5.90. The Balaban J connectivity index is 1.74. The lowest BCUT2D eigenvalue weighted by molar-refractivity contribution is 0.0435. The summed E-state index contributed by atoms with van der Waals surface area (Å²) in [4.78, 5) is 14.7. The summed E-state index contributed by atoms with van der Waals surface area (Å²) in [5.41, 5.74) is 1.43. The van der Waals surface area contributed by atoms with Gasteiger partial charge in [-0.1, -0.05) is 24.3 Å². The number of benzene rings is 1. The molecule has 0 spiro atoms. The number of aromatic nitrogens is 1. The Morgan fingerprint density at radius 1 is 1.24 bits per heavy atom. The van der Waals surface area contributed by atoms with Crippen molar-refractivity contribution in [2.75, 3.05) is 32.8 Å². The van der Waals surface area contributed by atoms with E-state index in [1.54, 1.807) is 10.8 Å². The van der Waals surface area contributed by atoms with Crippen LogP contribution in [0.15, 0.2) is 36.5 Å². The van der Waals surface area contributed by atoms with Gasteiger partial charge >= 0.3 is 6.09 Å². The molecule has 0 unspecified atom stereocenters. The first-order chi connectivity index (χ1) is 11.9. The van der Waals surface area contributed by atoms with Crippen molar-refractivity contribution in [2.24, 2.45) is 0 Å². The summed E-state index contributed by atoms with van der Waals surface area (Å²) in [6.07, 6.45) is 5.67. The second-order valence-corrected chi connectivity index (χ2v) is 7.30. The highest BCUT2D eigenvalue weighted by Gasteiger charge is 2.19. The zero-order valence-corrected chi connectivity index (χ0v) is 15.2. The smallest absolute Gasteiger partial charge is 0.418 e. The van der Waals surface area contributed by atoms with Gasteiger partial charge < -0.3 is 9.47 Å². The number of rotatable bonds is 3. The number of morpholine rings is 1. The maximum Gasteiger partial charge on any atom is 0.418 e. The average molecular weight is 342 g/mol. The largest absolute Gasteiger partial charge is 0.443 e. The maximum absolute atomic E-state index is 12.4. The normalized spacial score (nSPS) is 16.6. The SMILES string of the molecule is CC(C)(C)OC(=O)n1ccc2ccc(C=CCN3CCOCC3)cc21. The number of fused-ring (bicyclic) bond motifs is 1. The molecule has 0 amide bonds. The van der Waals surface area contributed by atoms with Crippen LogP contribution in [-0.2, 0) is 9.47 Å². The van der Waals surface area contributed by atoms with Crippen LogP contribution in [0, 0.1) is 0 Å². The van der Waals surface area contributed by atoms with E-state index in [-0.39, 0.29) is 6.09 Å². The lowest BCUT2D eigenvalue weighted by Gasteiger charge is -2.25. The molecule has 0 N–H and O–H groups in total. The van der Waals surface area contributed by atoms with Crippen molar-refractivity contribution in [1.82, 2.24) is 9.47 Å². The molecule has 2 heterocycles. The van der Waals surface area contributed by atoms with Crippen LogP contribution >= 0.6 is 0 Å². The Kier molecular flexibility index (Phi) is 5.25. The maximum atomic E-state index is 12.4. The zero-order valence-electron chi connectivity index (χ0n) is 15.2. The summed E-state index contributed by atoms with van der Waals surface area (Å²) in [5, 5.41) is 1.02. The van der Waals surface area contributed by atoms with Crippen LogP contribution in [-0.4, -0.2) is 54.0 Å². The molecule has 0 atom stereocenters. The minimum Gasteiger partial charge on any atom is -0.443 e. The van der Waals surface area contributed by atoms with E-state index in [4.69, 9.17) is 9.47 Å². The average Bonchev–Trinajstić information content (AvgIpc) is 2.97. The van der Waals surface area contributed by atoms with Gasteiger partial charge in [-0.15, -0.1) is 0 Å². The molecule has 1 aliphatic rings. The molecule has 25 heavy (non-hydrogen) atoms. The van der Waals surface area contributed by atoms with Gasteiger partial charge in [-0.05, 0) is 38.5 Å². The zero-order chi connectivity index (χ0) is 17.9. The van der Waals surface area contributed by atoms with Gasteiger partial charge in [-0.2, -0.15) is 0 Å². The van der Waals surface area contributed by atoms with Gasteiger partial charge in [-0.25, -0.2) is 4.79 Å². The number of hydrogen-bond donors (Lipinski definition) is 0. The van der Waals surface area contributed by atoms with Gasteiger partial charge in [0.1, 0.15) is 5.60 Å². The van der Waals surface area contributed by atoms with E-state index in [9.17, 15) is 4.79 Å². The summed E-state index contributed by atoms with van der Waals surface area (Å²) < 4.78 is 12.4. The second-order valence-electron chi connectivity index (χ2n) is 7.30. The van der Waals surface area contributed by atoms with Crippen molar-refractivity contribution in [1.29, 1.82) is 0 Å². The predicted molar refractivity (Wildman–Crippen MR) is 99.9 cm³/mol. The Labute approximate surface area is 148 Å². The minimum atomic E-state index is -0.511. The fourth-order valence-electron chi connectivity index (χ4n) is 2.84. The highest BCUT2D eigenvalue weighted by Crippen LogP contribution is 2.20. The number of hydrogen-bond acceptors (Lipinski definition) is 4. The first-order valence-corrected chi connectivity index (χ1v) is 8.73. The molecule has 0 saturated carbocycles. The lowest BCUT2D eigenvalue weighted by atomic mass is 10.1. The molecular formula is C20H26N2O3. The van der Waals surface area contributed by atoms with Crippen LogP contribution in [0.25, 0.3) is 17.0 Å². The highest BCUT2D eigenvalue weighted by atomic mass is 16.6. The van der Waals surface area contributed by atoms with Gasteiger partial charge in [0, 0.05) is 31.2 Å².